The molecule has 0 bridgehead atoms. The minimum Gasteiger partial charge on any atom is -0.305 e. The first kappa shape index (κ1) is 15.6. The van der Waals surface area contributed by atoms with Crippen LogP contribution in [0.4, 0.5) is 0 Å². The SMILES string of the molecule is Cc1nc(C)n(C[C@H]2CCCN2Cc2cn3cc(Cl)ccc3n2)n1. The number of aryl methyl sites for hydroxylation is 2. The van der Waals surface area contributed by atoms with Gasteiger partial charge in [0.05, 0.1) is 17.3 Å². The fourth-order valence-electron chi connectivity index (χ4n) is 3.55. The lowest BCUT2D eigenvalue weighted by Gasteiger charge is -2.23. The van der Waals surface area contributed by atoms with E-state index in [-0.39, 0.29) is 0 Å². The quantitative estimate of drug-likeness (QED) is 0.730. The molecule has 3 aromatic heterocycles. The van der Waals surface area contributed by atoms with E-state index in [1.54, 1.807) is 0 Å². The highest BCUT2D eigenvalue weighted by molar-refractivity contribution is 6.30. The molecule has 0 amide bonds. The molecule has 7 heteroatoms. The molecule has 1 aliphatic heterocycles. The number of nitrogens with zero attached hydrogens (tertiary/aromatic N) is 6. The predicted molar refractivity (Wildman–Crippen MR) is 93.1 cm³/mol. The van der Waals surface area contributed by atoms with Crippen molar-refractivity contribution < 1.29 is 0 Å². The molecule has 4 rings (SSSR count). The van der Waals surface area contributed by atoms with Crippen LogP contribution in [-0.4, -0.2) is 41.6 Å². The summed E-state index contributed by atoms with van der Waals surface area (Å²) >= 11 is 6.05. The molecule has 0 N–H and O–H groups in total. The van der Waals surface area contributed by atoms with Gasteiger partial charge in [0.15, 0.2) is 0 Å². The van der Waals surface area contributed by atoms with Crippen molar-refractivity contribution in [1.82, 2.24) is 29.0 Å². The van der Waals surface area contributed by atoms with E-state index in [0.717, 1.165) is 47.6 Å². The van der Waals surface area contributed by atoms with E-state index in [1.165, 1.54) is 12.8 Å². The summed E-state index contributed by atoms with van der Waals surface area (Å²) in [6.07, 6.45) is 6.38. The zero-order chi connectivity index (χ0) is 16.7. The van der Waals surface area contributed by atoms with Crippen LogP contribution >= 0.6 is 11.6 Å². The lowest BCUT2D eigenvalue weighted by atomic mass is 10.2. The van der Waals surface area contributed by atoms with Gasteiger partial charge in [-0.2, -0.15) is 5.10 Å². The van der Waals surface area contributed by atoms with Crippen LogP contribution in [-0.2, 0) is 13.1 Å². The Labute approximate surface area is 146 Å². The molecule has 0 unspecified atom stereocenters. The number of pyridine rings is 1. The molecule has 0 spiro atoms. The number of aromatic nitrogens is 5. The highest BCUT2D eigenvalue weighted by atomic mass is 35.5. The van der Waals surface area contributed by atoms with Gasteiger partial charge in [-0.05, 0) is 45.4 Å². The van der Waals surface area contributed by atoms with Crippen LogP contribution in [0, 0.1) is 13.8 Å². The van der Waals surface area contributed by atoms with Crippen molar-refractivity contribution in [2.45, 2.75) is 45.8 Å². The second-order valence-electron chi connectivity index (χ2n) is 6.50. The molecule has 126 valence electrons. The van der Waals surface area contributed by atoms with Crippen LogP contribution < -0.4 is 0 Å². The minimum absolute atomic E-state index is 0.484. The minimum atomic E-state index is 0.484. The van der Waals surface area contributed by atoms with Gasteiger partial charge in [-0.15, -0.1) is 0 Å². The maximum Gasteiger partial charge on any atom is 0.147 e. The molecule has 1 saturated heterocycles. The summed E-state index contributed by atoms with van der Waals surface area (Å²) in [6, 6.07) is 4.31. The highest BCUT2D eigenvalue weighted by Crippen LogP contribution is 2.22. The molecule has 3 aromatic rings. The zero-order valence-corrected chi connectivity index (χ0v) is 14.7. The van der Waals surface area contributed by atoms with Crippen LogP contribution in [0.2, 0.25) is 5.02 Å². The van der Waals surface area contributed by atoms with E-state index in [2.05, 4.69) is 21.2 Å². The van der Waals surface area contributed by atoms with Crippen molar-refractivity contribution >= 4 is 17.2 Å². The number of likely N-dealkylation sites (tertiary alicyclic amines) is 1. The van der Waals surface area contributed by atoms with Crippen LogP contribution in [0.25, 0.3) is 5.65 Å². The Morgan fingerprint density at radius 1 is 1.21 bits per heavy atom. The number of halogens is 1. The molecular weight excluding hydrogens is 324 g/mol. The second-order valence-corrected chi connectivity index (χ2v) is 6.94. The van der Waals surface area contributed by atoms with Crippen molar-refractivity contribution in [3.63, 3.8) is 0 Å². The Morgan fingerprint density at radius 2 is 2.08 bits per heavy atom. The van der Waals surface area contributed by atoms with E-state index in [1.807, 2.05) is 41.3 Å². The van der Waals surface area contributed by atoms with Crippen LogP contribution in [0.15, 0.2) is 24.5 Å². The maximum atomic E-state index is 6.05. The van der Waals surface area contributed by atoms with Gasteiger partial charge in [0, 0.05) is 25.0 Å². The smallest absolute Gasteiger partial charge is 0.147 e. The number of rotatable bonds is 4. The third-order valence-corrected chi connectivity index (χ3v) is 4.90. The summed E-state index contributed by atoms with van der Waals surface area (Å²) in [6.45, 7) is 6.82. The van der Waals surface area contributed by atoms with E-state index in [9.17, 15) is 0 Å². The number of imidazole rings is 1. The molecule has 1 atom stereocenters. The Balaban J connectivity index is 1.50. The maximum absolute atomic E-state index is 6.05. The lowest BCUT2D eigenvalue weighted by Crippen LogP contribution is -2.33. The average Bonchev–Trinajstić information content (AvgIpc) is 3.20. The van der Waals surface area contributed by atoms with Crippen molar-refractivity contribution in [2.24, 2.45) is 0 Å². The van der Waals surface area contributed by atoms with E-state index >= 15 is 0 Å². The highest BCUT2D eigenvalue weighted by Gasteiger charge is 2.26. The number of hydrogen-bond donors (Lipinski definition) is 0. The monoisotopic (exact) mass is 344 g/mol. The molecule has 0 radical (unpaired) electrons. The van der Waals surface area contributed by atoms with Gasteiger partial charge in [-0.25, -0.2) is 14.6 Å². The molecule has 6 nitrogen and oxygen atoms in total. The molecule has 24 heavy (non-hydrogen) atoms. The van der Waals surface area contributed by atoms with E-state index in [0.29, 0.717) is 6.04 Å². The second kappa shape index (κ2) is 6.18. The summed E-state index contributed by atoms with van der Waals surface area (Å²) in [5, 5.41) is 5.23. The van der Waals surface area contributed by atoms with Crippen molar-refractivity contribution in [3.05, 3.63) is 46.9 Å². The molecule has 1 aliphatic rings. The summed E-state index contributed by atoms with van der Waals surface area (Å²) in [7, 11) is 0. The summed E-state index contributed by atoms with van der Waals surface area (Å²) in [4.78, 5) is 11.6. The predicted octanol–water partition coefficient (Wildman–Crippen LogP) is 2.86. The van der Waals surface area contributed by atoms with Crippen LogP contribution in [0.3, 0.4) is 0 Å². The Kier molecular flexibility index (Phi) is 4.02. The van der Waals surface area contributed by atoms with Crippen molar-refractivity contribution in [2.75, 3.05) is 6.54 Å². The first-order valence-corrected chi connectivity index (χ1v) is 8.71. The zero-order valence-electron chi connectivity index (χ0n) is 14.0. The fourth-order valence-corrected chi connectivity index (χ4v) is 3.71. The van der Waals surface area contributed by atoms with Gasteiger partial charge < -0.3 is 4.40 Å². The molecule has 0 aromatic carbocycles. The van der Waals surface area contributed by atoms with Gasteiger partial charge in [0.25, 0.3) is 0 Å². The van der Waals surface area contributed by atoms with Gasteiger partial charge >= 0.3 is 0 Å². The third-order valence-electron chi connectivity index (χ3n) is 4.68. The molecular formula is C17H21ClN6. The molecule has 0 saturated carbocycles. The fraction of sp³-hybridized carbons (Fsp3) is 0.471. The summed E-state index contributed by atoms with van der Waals surface area (Å²) in [5.74, 6) is 1.83. The molecule has 4 heterocycles. The number of fused-ring (bicyclic) bond motifs is 1. The summed E-state index contributed by atoms with van der Waals surface area (Å²) < 4.78 is 4.02. The third kappa shape index (κ3) is 3.03. The Bertz CT molecular complexity index is 867. The lowest BCUT2D eigenvalue weighted by molar-refractivity contribution is 0.216. The van der Waals surface area contributed by atoms with E-state index < -0.39 is 0 Å². The Hall–Kier alpha value is -1.92. The first-order valence-electron chi connectivity index (χ1n) is 8.34. The van der Waals surface area contributed by atoms with Gasteiger partial charge in [0.1, 0.15) is 17.3 Å². The van der Waals surface area contributed by atoms with E-state index in [4.69, 9.17) is 16.6 Å². The van der Waals surface area contributed by atoms with Crippen molar-refractivity contribution in [3.8, 4) is 0 Å². The summed E-state index contributed by atoms with van der Waals surface area (Å²) in [5.41, 5.74) is 2.02. The molecule has 1 fully saturated rings. The molecule has 0 aliphatic carbocycles. The van der Waals surface area contributed by atoms with Crippen molar-refractivity contribution in [1.29, 1.82) is 0 Å². The van der Waals surface area contributed by atoms with Crippen LogP contribution in [0.1, 0.15) is 30.2 Å². The van der Waals surface area contributed by atoms with Gasteiger partial charge in [0.2, 0.25) is 0 Å². The van der Waals surface area contributed by atoms with Gasteiger partial charge in [-0.3, -0.25) is 4.90 Å². The van der Waals surface area contributed by atoms with Gasteiger partial charge in [-0.1, -0.05) is 11.6 Å². The standard InChI is InChI=1S/C17H21ClN6/c1-12-19-13(2)24(21-12)11-16-4-3-7-22(16)9-15-10-23-8-14(18)5-6-17(23)20-15/h5-6,8,10,16H,3-4,7,9,11H2,1-2H3/t16-/m1/s1. The van der Waals surface area contributed by atoms with Crippen LogP contribution in [0.5, 0.6) is 0 Å². The Morgan fingerprint density at radius 3 is 2.88 bits per heavy atom. The normalized spacial score (nSPS) is 18.7. The topological polar surface area (TPSA) is 51.2 Å². The first-order chi connectivity index (χ1) is 11.6. The average molecular weight is 345 g/mol. The number of hydrogen-bond acceptors (Lipinski definition) is 4. The largest absolute Gasteiger partial charge is 0.305 e.